The Labute approximate surface area is 86.7 Å². The van der Waals surface area contributed by atoms with Crippen molar-refractivity contribution in [3.63, 3.8) is 0 Å². The first-order valence-electron chi connectivity index (χ1n) is 4.56. The summed E-state index contributed by atoms with van der Waals surface area (Å²) >= 11 is 3.39. The lowest BCUT2D eigenvalue weighted by molar-refractivity contribution is 0.610. The van der Waals surface area contributed by atoms with E-state index >= 15 is 0 Å². The number of aromatic nitrogens is 1. The quantitative estimate of drug-likeness (QED) is 0.864. The fourth-order valence-electron chi connectivity index (χ4n) is 1.58. The number of hydrogen-bond acceptors (Lipinski definition) is 2. The zero-order valence-corrected chi connectivity index (χ0v) is 9.21. The highest BCUT2D eigenvalue weighted by Gasteiger charge is 2.31. The van der Waals surface area contributed by atoms with E-state index in [4.69, 9.17) is 5.73 Å². The Kier molecular flexibility index (Phi) is 2.39. The van der Waals surface area contributed by atoms with Gasteiger partial charge in [0, 0.05) is 10.7 Å². The van der Waals surface area contributed by atoms with Crippen LogP contribution in [0.2, 0.25) is 0 Å². The second kappa shape index (κ2) is 3.39. The normalized spacial score (nSPS) is 18.7. The number of pyridine rings is 1. The molecule has 1 fully saturated rings. The van der Waals surface area contributed by atoms with Crippen molar-refractivity contribution in [2.75, 3.05) is 0 Å². The van der Waals surface area contributed by atoms with Gasteiger partial charge >= 0.3 is 0 Å². The van der Waals surface area contributed by atoms with Crippen LogP contribution in [0.5, 0.6) is 0 Å². The molecule has 3 heteroatoms. The van der Waals surface area contributed by atoms with Gasteiger partial charge in [-0.25, -0.2) is 0 Å². The summed E-state index contributed by atoms with van der Waals surface area (Å²) in [6.45, 7) is 2.06. The summed E-state index contributed by atoms with van der Waals surface area (Å²) < 4.78 is 1.02. The number of rotatable bonds is 2. The van der Waals surface area contributed by atoms with Crippen molar-refractivity contribution in [3.8, 4) is 0 Å². The molecular weight excluding hydrogens is 228 g/mol. The van der Waals surface area contributed by atoms with Crippen LogP contribution in [0.15, 0.2) is 16.7 Å². The minimum Gasteiger partial charge on any atom is -0.322 e. The second-order valence-corrected chi connectivity index (χ2v) is 4.63. The summed E-state index contributed by atoms with van der Waals surface area (Å²) in [5.74, 6) is 0.673. The molecule has 1 unspecified atom stereocenters. The van der Waals surface area contributed by atoms with Gasteiger partial charge in [0.25, 0.3) is 0 Å². The molecule has 1 aliphatic carbocycles. The first-order chi connectivity index (χ1) is 6.18. The molecule has 1 atom stereocenters. The van der Waals surface area contributed by atoms with Crippen LogP contribution >= 0.6 is 15.9 Å². The van der Waals surface area contributed by atoms with Crippen molar-refractivity contribution in [2.24, 2.45) is 11.7 Å². The van der Waals surface area contributed by atoms with Crippen LogP contribution in [0, 0.1) is 12.8 Å². The molecule has 70 valence electrons. The van der Waals surface area contributed by atoms with Gasteiger partial charge in [-0.15, -0.1) is 0 Å². The Morgan fingerprint density at radius 2 is 2.31 bits per heavy atom. The van der Waals surface area contributed by atoms with E-state index < -0.39 is 0 Å². The van der Waals surface area contributed by atoms with Gasteiger partial charge in [-0.3, -0.25) is 4.98 Å². The van der Waals surface area contributed by atoms with Gasteiger partial charge in [-0.2, -0.15) is 0 Å². The molecule has 0 spiro atoms. The van der Waals surface area contributed by atoms with Crippen molar-refractivity contribution >= 4 is 15.9 Å². The predicted octanol–water partition coefficient (Wildman–Crippen LogP) is 2.56. The van der Waals surface area contributed by atoms with Crippen LogP contribution in [0.1, 0.15) is 30.1 Å². The molecule has 2 nitrogen and oxygen atoms in total. The Bertz CT molecular complexity index is 321. The monoisotopic (exact) mass is 240 g/mol. The SMILES string of the molecule is Cc1cc(Br)cnc1C(N)C1CC1. The number of aryl methyl sites for hydroxylation is 1. The maximum absolute atomic E-state index is 6.07. The van der Waals surface area contributed by atoms with Gasteiger partial charge in [0.15, 0.2) is 0 Å². The van der Waals surface area contributed by atoms with E-state index in [1.165, 1.54) is 18.4 Å². The van der Waals surface area contributed by atoms with Crippen LogP contribution in [0.4, 0.5) is 0 Å². The summed E-state index contributed by atoms with van der Waals surface area (Å²) in [7, 11) is 0. The minimum absolute atomic E-state index is 0.146. The molecule has 2 N–H and O–H groups in total. The van der Waals surface area contributed by atoms with Crippen molar-refractivity contribution in [1.82, 2.24) is 4.98 Å². The maximum atomic E-state index is 6.07. The van der Waals surface area contributed by atoms with Crippen molar-refractivity contribution in [2.45, 2.75) is 25.8 Å². The average molecular weight is 241 g/mol. The topological polar surface area (TPSA) is 38.9 Å². The molecular formula is C10H13BrN2. The van der Waals surface area contributed by atoms with Crippen LogP contribution in [-0.2, 0) is 0 Å². The molecule has 0 saturated heterocycles. The van der Waals surface area contributed by atoms with E-state index in [2.05, 4.69) is 33.9 Å². The number of nitrogens with zero attached hydrogens (tertiary/aromatic N) is 1. The lowest BCUT2D eigenvalue weighted by Crippen LogP contribution is -2.15. The van der Waals surface area contributed by atoms with Gasteiger partial charge in [0.1, 0.15) is 0 Å². The standard InChI is InChI=1S/C10H13BrN2/c1-6-4-8(11)5-13-10(6)9(12)7-2-3-7/h4-5,7,9H,2-3,12H2,1H3. The maximum Gasteiger partial charge on any atom is 0.0603 e. The molecule has 1 aromatic rings. The first-order valence-corrected chi connectivity index (χ1v) is 5.35. The van der Waals surface area contributed by atoms with Gasteiger partial charge in [0.2, 0.25) is 0 Å². The summed E-state index contributed by atoms with van der Waals surface area (Å²) in [6.07, 6.45) is 4.35. The highest BCUT2D eigenvalue weighted by molar-refractivity contribution is 9.10. The fraction of sp³-hybridized carbons (Fsp3) is 0.500. The Balaban J connectivity index is 2.28. The van der Waals surface area contributed by atoms with Gasteiger partial charge in [-0.05, 0) is 53.2 Å². The van der Waals surface area contributed by atoms with Crippen LogP contribution in [-0.4, -0.2) is 4.98 Å². The molecule has 0 aromatic carbocycles. The second-order valence-electron chi connectivity index (χ2n) is 3.72. The summed E-state index contributed by atoms with van der Waals surface area (Å²) in [6, 6.07) is 2.22. The highest BCUT2D eigenvalue weighted by Crippen LogP contribution is 2.39. The van der Waals surface area contributed by atoms with E-state index in [1.807, 2.05) is 6.20 Å². The molecule has 0 amide bonds. The van der Waals surface area contributed by atoms with E-state index in [1.54, 1.807) is 0 Å². The molecule has 1 saturated carbocycles. The third kappa shape index (κ3) is 1.92. The van der Waals surface area contributed by atoms with Gasteiger partial charge in [-0.1, -0.05) is 0 Å². The average Bonchev–Trinajstić information content (AvgIpc) is 2.85. The molecule has 13 heavy (non-hydrogen) atoms. The van der Waals surface area contributed by atoms with Crippen LogP contribution < -0.4 is 5.73 Å². The molecule has 0 aliphatic heterocycles. The van der Waals surface area contributed by atoms with Crippen LogP contribution in [0.3, 0.4) is 0 Å². The van der Waals surface area contributed by atoms with E-state index in [0.29, 0.717) is 5.92 Å². The molecule has 1 heterocycles. The Hall–Kier alpha value is -0.410. The zero-order valence-electron chi connectivity index (χ0n) is 7.63. The predicted molar refractivity (Wildman–Crippen MR) is 56.3 cm³/mol. The molecule has 1 aromatic heterocycles. The Morgan fingerprint density at radius 1 is 1.62 bits per heavy atom. The minimum atomic E-state index is 0.146. The lowest BCUT2D eigenvalue weighted by Gasteiger charge is -2.12. The summed E-state index contributed by atoms with van der Waals surface area (Å²) in [5, 5.41) is 0. The smallest absolute Gasteiger partial charge is 0.0603 e. The number of nitrogens with two attached hydrogens (primary N) is 1. The lowest BCUT2D eigenvalue weighted by atomic mass is 10.1. The largest absolute Gasteiger partial charge is 0.322 e. The van der Waals surface area contributed by atoms with Crippen molar-refractivity contribution in [3.05, 3.63) is 28.0 Å². The molecule has 1 aliphatic rings. The third-order valence-corrected chi connectivity index (χ3v) is 2.96. The highest BCUT2D eigenvalue weighted by atomic mass is 79.9. The van der Waals surface area contributed by atoms with Crippen molar-refractivity contribution in [1.29, 1.82) is 0 Å². The van der Waals surface area contributed by atoms with E-state index in [-0.39, 0.29) is 6.04 Å². The number of halogens is 1. The molecule has 2 rings (SSSR count). The fourth-order valence-corrected chi connectivity index (χ4v) is 2.02. The van der Waals surface area contributed by atoms with Crippen molar-refractivity contribution < 1.29 is 0 Å². The van der Waals surface area contributed by atoms with Crippen LogP contribution in [0.25, 0.3) is 0 Å². The van der Waals surface area contributed by atoms with Gasteiger partial charge < -0.3 is 5.73 Å². The summed E-state index contributed by atoms with van der Waals surface area (Å²) in [4.78, 5) is 4.37. The summed E-state index contributed by atoms with van der Waals surface area (Å²) in [5.41, 5.74) is 8.32. The zero-order chi connectivity index (χ0) is 9.42. The molecule has 0 bridgehead atoms. The van der Waals surface area contributed by atoms with E-state index in [0.717, 1.165) is 10.2 Å². The van der Waals surface area contributed by atoms with E-state index in [9.17, 15) is 0 Å². The third-order valence-electron chi connectivity index (χ3n) is 2.53. The number of hydrogen-bond donors (Lipinski definition) is 1. The first kappa shape index (κ1) is 9.16. The van der Waals surface area contributed by atoms with Gasteiger partial charge in [0.05, 0.1) is 11.7 Å². The molecule has 0 radical (unpaired) electrons. The Morgan fingerprint density at radius 3 is 2.85 bits per heavy atom.